The van der Waals surface area contributed by atoms with Crippen molar-refractivity contribution in [3.8, 4) is 0 Å². The van der Waals surface area contributed by atoms with Crippen LogP contribution in [0.5, 0.6) is 0 Å². The zero-order valence-corrected chi connectivity index (χ0v) is 14.0. The van der Waals surface area contributed by atoms with Crippen LogP contribution in [-0.4, -0.2) is 46.2 Å². The average molecular weight is 282 g/mol. The molecule has 114 valence electrons. The SMILES string of the molecule is CC(C)=CN.CCC.CCN(C)CCS(C)(O)O. The minimum atomic E-state index is -2.27. The molecule has 18 heavy (non-hydrogen) atoms. The second kappa shape index (κ2) is 14.8. The van der Waals surface area contributed by atoms with Crippen LogP contribution in [0.2, 0.25) is 0 Å². The third kappa shape index (κ3) is 36.0. The molecule has 0 aliphatic heterocycles. The van der Waals surface area contributed by atoms with E-state index in [4.69, 9.17) is 14.8 Å². The van der Waals surface area contributed by atoms with Gasteiger partial charge in [-0.3, -0.25) is 9.11 Å². The molecule has 4 nitrogen and oxygen atoms in total. The van der Waals surface area contributed by atoms with Crippen molar-refractivity contribution in [2.24, 2.45) is 5.73 Å². The molecule has 0 amide bonds. The molecule has 0 aromatic heterocycles. The van der Waals surface area contributed by atoms with E-state index in [1.165, 1.54) is 12.7 Å². The van der Waals surface area contributed by atoms with Gasteiger partial charge in [0.15, 0.2) is 0 Å². The molecule has 0 radical (unpaired) electrons. The van der Waals surface area contributed by atoms with Crippen LogP contribution >= 0.6 is 10.6 Å². The maximum absolute atomic E-state index is 8.97. The second-order valence-corrected chi connectivity index (χ2v) is 6.94. The Bertz CT molecular complexity index is 188. The van der Waals surface area contributed by atoms with Gasteiger partial charge in [0.25, 0.3) is 0 Å². The number of hydrogen-bond donors (Lipinski definition) is 3. The molecule has 5 heteroatoms. The van der Waals surface area contributed by atoms with E-state index in [0.29, 0.717) is 5.75 Å². The van der Waals surface area contributed by atoms with E-state index in [0.717, 1.165) is 18.7 Å². The van der Waals surface area contributed by atoms with Crippen molar-refractivity contribution in [2.45, 2.75) is 41.0 Å². The van der Waals surface area contributed by atoms with Crippen LogP contribution < -0.4 is 5.73 Å². The first-order valence-corrected chi connectivity index (χ1v) is 8.51. The second-order valence-electron chi connectivity index (χ2n) is 4.54. The Labute approximate surface area is 116 Å². The van der Waals surface area contributed by atoms with E-state index < -0.39 is 10.6 Å². The van der Waals surface area contributed by atoms with Crippen molar-refractivity contribution >= 4 is 10.6 Å². The highest BCUT2D eigenvalue weighted by atomic mass is 32.3. The Morgan fingerprint density at radius 2 is 1.56 bits per heavy atom. The maximum Gasteiger partial charge on any atom is 0.0498 e. The fraction of sp³-hybridized carbons (Fsp3) is 0.846. The molecular weight excluding hydrogens is 248 g/mol. The lowest BCUT2D eigenvalue weighted by atomic mass is 10.4. The summed E-state index contributed by atoms with van der Waals surface area (Å²) in [5, 5.41) is 0. The van der Waals surface area contributed by atoms with E-state index >= 15 is 0 Å². The number of allylic oxidation sites excluding steroid dienone is 1. The van der Waals surface area contributed by atoms with Crippen LogP contribution in [0.25, 0.3) is 0 Å². The molecule has 0 spiro atoms. The zero-order chi connectivity index (χ0) is 15.2. The summed E-state index contributed by atoms with van der Waals surface area (Å²) >= 11 is 0. The van der Waals surface area contributed by atoms with Crippen molar-refractivity contribution < 1.29 is 9.11 Å². The number of nitrogens with two attached hydrogens (primary N) is 1. The molecule has 0 unspecified atom stereocenters. The zero-order valence-electron chi connectivity index (χ0n) is 13.2. The molecular formula is C13H34N2O2S. The smallest absolute Gasteiger partial charge is 0.0498 e. The van der Waals surface area contributed by atoms with Gasteiger partial charge in [-0.05, 0) is 33.6 Å². The molecule has 0 rings (SSSR count). The number of rotatable bonds is 4. The molecule has 0 aromatic carbocycles. The summed E-state index contributed by atoms with van der Waals surface area (Å²) in [6, 6.07) is 0. The summed E-state index contributed by atoms with van der Waals surface area (Å²) in [6.07, 6.45) is 4.32. The standard InChI is InChI=1S/C6H17NO2S.C4H9N.C3H8/c1-4-7(2)5-6-10(3,8)9;1-4(2)3-5;1-3-2/h8-9H,4-6H2,1-3H3;3H,5H2,1-2H3;3H2,1-2H3. The summed E-state index contributed by atoms with van der Waals surface area (Å²) in [7, 11) is -0.307. The minimum absolute atomic E-state index is 0.483. The van der Waals surface area contributed by atoms with Crippen molar-refractivity contribution in [2.75, 3.05) is 32.1 Å². The molecule has 0 fully saturated rings. The highest BCUT2D eigenvalue weighted by molar-refractivity contribution is 8.23. The predicted octanol–water partition coefficient (Wildman–Crippen LogP) is 3.60. The van der Waals surface area contributed by atoms with Crippen LogP contribution in [0.4, 0.5) is 0 Å². The van der Waals surface area contributed by atoms with Gasteiger partial charge in [-0.2, -0.15) is 10.6 Å². The van der Waals surface area contributed by atoms with Crippen molar-refractivity contribution in [3.05, 3.63) is 11.8 Å². The first kappa shape index (κ1) is 22.9. The lowest BCUT2D eigenvalue weighted by molar-refractivity contribution is 0.368. The van der Waals surface area contributed by atoms with Gasteiger partial charge in [0.05, 0.1) is 0 Å². The Kier molecular flexibility index (Phi) is 18.9. The Morgan fingerprint density at radius 3 is 1.72 bits per heavy atom. The summed E-state index contributed by atoms with van der Waals surface area (Å²) in [5.74, 6) is 0.483. The van der Waals surface area contributed by atoms with E-state index in [2.05, 4.69) is 18.7 Å². The van der Waals surface area contributed by atoms with E-state index in [-0.39, 0.29) is 0 Å². The first-order chi connectivity index (χ1) is 8.14. The summed E-state index contributed by atoms with van der Waals surface area (Å²) < 4.78 is 17.9. The van der Waals surface area contributed by atoms with Crippen molar-refractivity contribution in [3.63, 3.8) is 0 Å². The van der Waals surface area contributed by atoms with E-state index in [1.54, 1.807) is 6.20 Å². The fourth-order valence-corrected chi connectivity index (χ4v) is 1.14. The third-order valence-corrected chi connectivity index (χ3v) is 2.69. The predicted molar refractivity (Wildman–Crippen MR) is 86.4 cm³/mol. The van der Waals surface area contributed by atoms with Crippen LogP contribution in [0.1, 0.15) is 41.0 Å². The topological polar surface area (TPSA) is 69.7 Å². The lowest BCUT2D eigenvalue weighted by Gasteiger charge is -2.28. The van der Waals surface area contributed by atoms with Gasteiger partial charge in [-0.15, -0.1) is 0 Å². The Hall–Kier alpha value is -0.230. The monoisotopic (exact) mass is 282 g/mol. The molecule has 0 saturated heterocycles. The summed E-state index contributed by atoms with van der Waals surface area (Å²) in [4.78, 5) is 2.05. The average Bonchev–Trinajstić information content (AvgIpc) is 2.26. The molecule has 4 N–H and O–H groups in total. The molecule has 0 aliphatic rings. The van der Waals surface area contributed by atoms with Gasteiger partial charge < -0.3 is 10.6 Å². The molecule has 0 atom stereocenters. The fourth-order valence-electron chi connectivity index (χ4n) is 0.487. The quantitative estimate of drug-likeness (QED) is 0.737. The van der Waals surface area contributed by atoms with Gasteiger partial charge in [-0.25, -0.2) is 0 Å². The highest BCUT2D eigenvalue weighted by Gasteiger charge is 2.04. The Morgan fingerprint density at radius 1 is 1.22 bits per heavy atom. The minimum Gasteiger partial charge on any atom is -0.405 e. The van der Waals surface area contributed by atoms with Crippen molar-refractivity contribution in [1.29, 1.82) is 0 Å². The highest BCUT2D eigenvalue weighted by Crippen LogP contribution is 2.32. The van der Waals surface area contributed by atoms with E-state index in [9.17, 15) is 0 Å². The first-order valence-electron chi connectivity index (χ1n) is 6.39. The normalized spacial score (nSPS) is 10.8. The number of nitrogens with zero attached hydrogens (tertiary/aromatic N) is 1. The molecule has 0 saturated carbocycles. The third-order valence-electron chi connectivity index (χ3n) is 1.73. The molecule has 0 aromatic rings. The van der Waals surface area contributed by atoms with Gasteiger partial charge in [-0.1, -0.05) is 32.8 Å². The van der Waals surface area contributed by atoms with Gasteiger partial charge in [0, 0.05) is 18.6 Å². The van der Waals surface area contributed by atoms with Crippen LogP contribution in [0.15, 0.2) is 11.8 Å². The lowest BCUT2D eigenvalue weighted by Crippen LogP contribution is -2.23. The maximum atomic E-state index is 8.97. The van der Waals surface area contributed by atoms with Crippen LogP contribution in [-0.2, 0) is 0 Å². The Balaban J connectivity index is -0.000000235. The van der Waals surface area contributed by atoms with Gasteiger partial charge in [0.1, 0.15) is 0 Å². The molecule has 0 aliphatic carbocycles. The summed E-state index contributed by atoms with van der Waals surface area (Å²) in [6.45, 7) is 11.9. The number of hydrogen-bond acceptors (Lipinski definition) is 4. The van der Waals surface area contributed by atoms with Crippen molar-refractivity contribution in [1.82, 2.24) is 4.90 Å². The molecule has 0 bridgehead atoms. The van der Waals surface area contributed by atoms with Gasteiger partial charge in [0.2, 0.25) is 0 Å². The van der Waals surface area contributed by atoms with Crippen LogP contribution in [0, 0.1) is 0 Å². The van der Waals surface area contributed by atoms with Gasteiger partial charge >= 0.3 is 0 Å². The van der Waals surface area contributed by atoms with Crippen LogP contribution in [0.3, 0.4) is 0 Å². The summed E-state index contributed by atoms with van der Waals surface area (Å²) in [5.41, 5.74) is 6.17. The molecule has 0 heterocycles. The largest absolute Gasteiger partial charge is 0.405 e. The van der Waals surface area contributed by atoms with E-state index in [1.807, 2.05) is 27.8 Å².